The molecule has 0 atom stereocenters. The van der Waals surface area contributed by atoms with Crippen molar-refractivity contribution in [3.05, 3.63) is 0 Å². The van der Waals surface area contributed by atoms with Crippen molar-refractivity contribution in [1.82, 2.24) is 4.72 Å². The van der Waals surface area contributed by atoms with E-state index < -0.39 is 0 Å². The zero-order valence-electron chi connectivity index (χ0n) is 7.81. The summed E-state index contributed by atoms with van der Waals surface area (Å²) in [7, 11) is 0. The van der Waals surface area contributed by atoms with Crippen LogP contribution in [-0.2, 0) is 0 Å². The Balaban J connectivity index is 2.02. The predicted molar refractivity (Wildman–Crippen MR) is 52.7 cm³/mol. The second-order valence-electron chi connectivity index (χ2n) is 4.23. The highest BCUT2D eigenvalue weighted by Crippen LogP contribution is 2.42. The van der Waals surface area contributed by atoms with Crippen molar-refractivity contribution in [1.29, 1.82) is 0 Å². The van der Waals surface area contributed by atoms with E-state index in [1.807, 2.05) is 11.9 Å². The lowest BCUT2D eigenvalue weighted by molar-refractivity contribution is 0.197. The summed E-state index contributed by atoms with van der Waals surface area (Å²) >= 11 is 1.89. The largest absolute Gasteiger partial charge is 0.262 e. The Morgan fingerprint density at radius 1 is 1.45 bits per heavy atom. The lowest BCUT2D eigenvalue weighted by Crippen LogP contribution is -2.30. The molecule has 0 bridgehead atoms. The minimum atomic E-state index is 0.615. The SMILES string of the molecule is CC(C)NSCC1(C)CCC1. The van der Waals surface area contributed by atoms with Gasteiger partial charge in [0.15, 0.2) is 0 Å². The van der Waals surface area contributed by atoms with Crippen LogP contribution >= 0.6 is 11.9 Å². The fourth-order valence-electron chi connectivity index (χ4n) is 1.31. The number of nitrogens with one attached hydrogen (secondary N) is 1. The molecule has 11 heavy (non-hydrogen) atoms. The Bertz CT molecular complexity index is 119. The molecule has 0 radical (unpaired) electrons. The van der Waals surface area contributed by atoms with Gasteiger partial charge in [0.25, 0.3) is 0 Å². The molecule has 66 valence electrons. The lowest BCUT2D eigenvalue weighted by Gasteiger charge is -2.38. The molecule has 1 aliphatic rings. The van der Waals surface area contributed by atoms with Crippen LogP contribution in [0.15, 0.2) is 0 Å². The Morgan fingerprint density at radius 2 is 2.09 bits per heavy atom. The molecular weight excluding hydrogens is 154 g/mol. The first-order chi connectivity index (χ1) is 5.12. The second kappa shape index (κ2) is 3.81. The van der Waals surface area contributed by atoms with E-state index in [2.05, 4.69) is 25.5 Å². The van der Waals surface area contributed by atoms with E-state index >= 15 is 0 Å². The quantitative estimate of drug-likeness (QED) is 0.656. The highest BCUT2D eigenvalue weighted by molar-refractivity contribution is 7.97. The van der Waals surface area contributed by atoms with Crippen LogP contribution in [0, 0.1) is 5.41 Å². The monoisotopic (exact) mass is 173 g/mol. The molecule has 0 saturated heterocycles. The molecule has 1 saturated carbocycles. The lowest BCUT2D eigenvalue weighted by atomic mass is 9.72. The zero-order valence-corrected chi connectivity index (χ0v) is 8.63. The van der Waals surface area contributed by atoms with Gasteiger partial charge in [-0.1, -0.05) is 25.3 Å². The summed E-state index contributed by atoms with van der Waals surface area (Å²) in [5.74, 6) is 1.28. The second-order valence-corrected chi connectivity index (χ2v) is 5.04. The van der Waals surface area contributed by atoms with Crippen LogP contribution in [0.5, 0.6) is 0 Å². The summed E-state index contributed by atoms with van der Waals surface area (Å²) in [5, 5.41) is 0. The molecule has 0 aromatic rings. The van der Waals surface area contributed by atoms with Crippen LogP contribution < -0.4 is 4.72 Å². The maximum atomic E-state index is 3.39. The Kier molecular flexibility index (Phi) is 3.26. The average molecular weight is 173 g/mol. The molecule has 1 fully saturated rings. The van der Waals surface area contributed by atoms with Gasteiger partial charge in [-0.15, -0.1) is 0 Å². The Labute approximate surface area is 74.5 Å². The van der Waals surface area contributed by atoms with Gasteiger partial charge in [-0.3, -0.25) is 4.72 Å². The standard InChI is InChI=1S/C9H19NS/c1-8(2)10-11-7-9(3)5-4-6-9/h8,10H,4-7H2,1-3H3. The first-order valence-electron chi connectivity index (χ1n) is 4.50. The number of hydrogen-bond donors (Lipinski definition) is 1. The topological polar surface area (TPSA) is 12.0 Å². The first kappa shape index (κ1) is 9.40. The van der Waals surface area contributed by atoms with Crippen molar-refractivity contribution < 1.29 is 0 Å². The summed E-state index contributed by atoms with van der Waals surface area (Å²) in [5.41, 5.74) is 0.659. The van der Waals surface area contributed by atoms with E-state index in [0.29, 0.717) is 11.5 Å². The van der Waals surface area contributed by atoms with Gasteiger partial charge < -0.3 is 0 Å². The molecule has 0 spiro atoms. The van der Waals surface area contributed by atoms with Crippen molar-refractivity contribution >= 4 is 11.9 Å². The van der Waals surface area contributed by atoms with Crippen LogP contribution in [0.4, 0.5) is 0 Å². The Hall–Kier alpha value is 0.310. The molecule has 1 aliphatic carbocycles. The van der Waals surface area contributed by atoms with Crippen LogP contribution in [0.1, 0.15) is 40.0 Å². The fourth-order valence-corrected chi connectivity index (χ4v) is 2.36. The molecule has 1 rings (SSSR count). The van der Waals surface area contributed by atoms with Crippen molar-refractivity contribution in [2.24, 2.45) is 5.41 Å². The fraction of sp³-hybridized carbons (Fsp3) is 1.00. The van der Waals surface area contributed by atoms with E-state index in [4.69, 9.17) is 0 Å². The minimum Gasteiger partial charge on any atom is -0.262 e. The summed E-state index contributed by atoms with van der Waals surface area (Å²) in [6.07, 6.45) is 4.30. The molecule has 0 heterocycles. The van der Waals surface area contributed by atoms with E-state index in [-0.39, 0.29) is 0 Å². The normalized spacial score (nSPS) is 21.8. The molecule has 0 aromatic heterocycles. The zero-order chi connectivity index (χ0) is 8.32. The van der Waals surface area contributed by atoms with E-state index in [1.165, 1.54) is 25.0 Å². The third kappa shape index (κ3) is 3.04. The van der Waals surface area contributed by atoms with Crippen LogP contribution in [0.25, 0.3) is 0 Å². The highest BCUT2D eigenvalue weighted by atomic mass is 32.2. The van der Waals surface area contributed by atoms with E-state index in [9.17, 15) is 0 Å². The molecule has 0 unspecified atom stereocenters. The summed E-state index contributed by atoms with van der Waals surface area (Å²) in [6, 6.07) is 0.615. The molecule has 0 aliphatic heterocycles. The van der Waals surface area contributed by atoms with Crippen LogP contribution in [0.3, 0.4) is 0 Å². The van der Waals surface area contributed by atoms with Gasteiger partial charge >= 0.3 is 0 Å². The smallest absolute Gasteiger partial charge is 0.0133 e. The summed E-state index contributed by atoms with van der Waals surface area (Å²) < 4.78 is 3.39. The molecule has 0 amide bonds. The highest BCUT2D eigenvalue weighted by Gasteiger charge is 2.31. The van der Waals surface area contributed by atoms with Crippen molar-refractivity contribution in [3.63, 3.8) is 0 Å². The van der Waals surface area contributed by atoms with E-state index in [0.717, 1.165) is 0 Å². The summed E-state index contributed by atoms with van der Waals surface area (Å²) in [4.78, 5) is 0. The molecule has 0 aromatic carbocycles. The third-order valence-corrected chi connectivity index (χ3v) is 3.78. The summed E-state index contributed by atoms with van der Waals surface area (Å²) in [6.45, 7) is 6.78. The maximum Gasteiger partial charge on any atom is 0.0133 e. The van der Waals surface area contributed by atoms with Crippen LogP contribution in [0.2, 0.25) is 0 Å². The van der Waals surface area contributed by atoms with Gasteiger partial charge in [0.05, 0.1) is 0 Å². The van der Waals surface area contributed by atoms with Gasteiger partial charge in [0, 0.05) is 11.8 Å². The van der Waals surface area contributed by atoms with Crippen molar-refractivity contribution in [3.8, 4) is 0 Å². The number of hydrogen-bond acceptors (Lipinski definition) is 2. The molecule has 1 N–H and O–H groups in total. The van der Waals surface area contributed by atoms with Crippen molar-refractivity contribution in [2.75, 3.05) is 5.75 Å². The predicted octanol–water partition coefficient (Wildman–Crippen LogP) is 2.82. The molecule has 2 heteroatoms. The maximum absolute atomic E-state index is 3.39. The van der Waals surface area contributed by atoms with Gasteiger partial charge in [0.1, 0.15) is 0 Å². The Morgan fingerprint density at radius 3 is 2.45 bits per heavy atom. The molecule has 1 nitrogen and oxygen atoms in total. The van der Waals surface area contributed by atoms with Gasteiger partial charge in [-0.25, -0.2) is 0 Å². The molecular formula is C9H19NS. The van der Waals surface area contributed by atoms with Gasteiger partial charge in [0.2, 0.25) is 0 Å². The van der Waals surface area contributed by atoms with Gasteiger partial charge in [-0.2, -0.15) is 0 Å². The first-order valence-corrected chi connectivity index (χ1v) is 5.48. The average Bonchev–Trinajstić information content (AvgIpc) is 1.83. The van der Waals surface area contributed by atoms with Gasteiger partial charge in [-0.05, 0) is 32.1 Å². The van der Waals surface area contributed by atoms with Crippen LogP contribution in [-0.4, -0.2) is 11.8 Å². The van der Waals surface area contributed by atoms with E-state index in [1.54, 1.807) is 0 Å². The number of rotatable bonds is 4. The third-order valence-electron chi connectivity index (χ3n) is 2.30. The van der Waals surface area contributed by atoms with Crippen molar-refractivity contribution in [2.45, 2.75) is 46.1 Å². The minimum absolute atomic E-state index is 0.615.